The van der Waals surface area contributed by atoms with Crippen LogP contribution in [0.4, 0.5) is 0 Å². The normalized spacial score (nSPS) is 19.5. The molecule has 1 aliphatic carbocycles. The van der Waals surface area contributed by atoms with Gasteiger partial charge in [-0.05, 0) is 38.8 Å². The Kier molecular flexibility index (Phi) is 4.01. The molecule has 1 aromatic carbocycles. The molecule has 2 heterocycles. The number of para-hydroxylation sites is 1. The van der Waals surface area contributed by atoms with Gasteiger partial charge in [-0.25, -0.2) is 0 Å². The number of amides is 2. The third kappa shape index (κ3) is 3.09. The summed E-state index contributed by atoms with van der Waals surface area (Å²) < 4.78 is 0. The van der Waals surface area contributed by atoms with Crippen LogP contribution in [0.5, 0.6) is 0 Å². The lowest BCUT2D eigenvalue weighted by Gasteiger charge is -2.46. The minimum atomic E-state index is -0.434. The number of nitrogens with zero attached hydrogens (tertiary/aromatic N) is 5. The summed E-state index contributed by atoms with van der Waals surface area (Å²) in [5, 5.41) is 8.57. The van der Waals surface area contributed by atoms with E-state index in [1.807, 2.05) is 54.0 Å². The number of carbonyl (C=O) groups is 2. The fourth-order valence-corrected chi connectivity index (χ4v) is 3.49. The van der Waals surface area contributed by atoms with Gasteiger partial charge >= 0.3 is 0 Å². The van der Waals surface area contributed by atoms with Crippen molar-refractivity contribution < 1.29 is 9.59 Å². The van der Waals surface area contributed by atoms with Crippen molar-refractivity contribution in [1.29, 1.82) is 0 Å². The molecule has 26 heavy (non-hydrogen) atoms. The lowest BCUT2D eigenvalue weighted by atomic mass is 9.97. The van der Waals surface area contributed by atoms with E-state index in [0.29, 0.717) is 25.3 Å². The molecule has 4 rings (SSSR count). The van der Waals surface area contributed by atoms with E-state index in [0.717, 1.165) is 18.5 Å². The monoisotopic (exact) mass is 353 g/mol. The third-order valence-corrected chi connectivity index (χ3v) is 5.08. The number of carbonyl (C=O) groups excluding carboxylic acids is 2. The highest BCUT2D eigenvalue weighted by atomic mass is 16.2. The molecule has 136 valence electrons. The summed E-state index contributed by atoms with van der Waals surface area (Å²) in [5.74, 6) is 0.301. The Balaban J connectivity index is 1.50. The molecule has 2 fully saturated rings. The molecule has 0 unspecified atom stereocenters. The summed E-state index contributed by atoms with van der Waals surface area (Å²) in [5.41, 5.74) is 0.700. The molecule has 0 radical (unpaired) electrons. The Morgan fingerprint density at radius 3 is 2.50 bits per heavy atom. The molecule has 7 heteroatoms. The van der Waals surface area contributed by atoms with Gasteiger partial charge in [-0.15, -0.1) is 5.10 Å². The first-order valence-corrected chi connectivity index (χ1v) is 9.04. The van der Waals surface area contributed by atoms with Crippen LogP contribution in [-0.2, 0) is 4.79 Å². The molecule has 0 spiro atoms. The molecule has 2 aliphatic rings. The average molecular weight is 353 g/mol. The van der Waals surface area contributed by atoms with E-state index in [4.69, 9.17) is 0 Å². The van der Waals surface area contributed by atoms with Crippen LogP contribution < -0.4 is 0 Å². The predicted octanol–water partition coefficient (Wildman–Crippen LogP) is 1.74. The van der Waals surface area contributed by atoms with Gasteiger partial charge < -0.3 is 9.80 Å². The van der Waals surface area contributed by atoms with Crippen LogP contribution in [-0.4, -0.2) is 61.8 Å². The van der Waals surface area contributed by atoms with Gasteiger partial charge in [0.05, 0.1) is 17.4 Å². The second kappa shape index (κ2) is 6.23. The van der Waals surface area contributed by atoms with Crippen LogP contribution in [0.15, 0.2) is 36.5 Å². The van der Waals surface area contributed by atoms with E-state index < -0.39 is 5.54 Å². The first kappa shape index (κ1) is 16.8. The maximum atomic E-state index is 13.0. The quantitative estimate of drug-likeness (QED) is 0.843. The molecular weight excluding hydrogens is 330 g/mol. The number of hydrogen-bond donors (Lipinski definition) is 0. The highest BCUT2D eigenvalue weighted by Gasteiger charge is 2.42. The van der Waals surface area contributed by atoms with Crippen LogP contribution in [0.25, 0.3) is 5.69 Å². The zero-order valence-corrected chi connectivity index (χ0v) is 15.1. The first-order valence-electron chi connectivity index (χ1n) is 9.04. The van der Waals surface area contributed by atoms with E-state index in [2.05, 4.69) is 10.2 Å². The minimum absolute atomic E-state index is 0.143. The highest BCUT2D eigenvalue weighted by Crippen LogP contribution is 2.33. The van der Waals surface area contributed by atoms with Gasteiger partial charge in [-0.2, -0.15) is 9.90 Å². The topological polar surface area (TPSA) is 71.3 Å². The zero-order valence-electron chi connectivity index (χ0n) is 15.1. The van der Waals surface area contributed by atoms with Crippen LogP contribution in [0.3, 0.4) is 0 Å². The lowest BCUT2D eigenvalue weighted by Crippen LogP contribution is -2.62. The summed E-state index contributed by atoms with van der Waals surface area (Å²) in [7, 11) is 0. The summed E-state index contributed by atoms with van der Waals surface area (Å²) in [6.45, 7) is 5.65. The van der Waals surface area contributed by atoms with Gasteiger partial charge in [0.25, 0.3) is 5.91 Å². The number of piperazine rings is 1. The van der Waals surface area contributed by atoms with Gasteiger partial charge in [0, 0.05) is 25.6 Å². The Morgan fingerprint density at radius 2 is 1.85 bits per heavy atom. The fraction of sp³-hybridized carbons (Fsp3) is 0.474. The molecule has 1 saturated heterocycles. The maximum absolute atomic E-state index is 13.0. The van der Waals surface area contributed by atoms with Crippen molar-refractivity contribution in [3.05, 3.63) is 42.2 Å². The number of rotatable bonds is 3. The van der Waals surface area contributed by atoms with Gasteiger partial charge in [-0.3, -0.25) is 9.59 Å². The van der Waals surface area contributed by atoms with Crippen molar-refractivity contribution in [2.45, 2.75) is 32.2 Å². The largest absolute Gasteiger partial charge is 0.338 e. The molecule has 1 saturated carbocycles. The SMILES string of the molecule is CC1(C)CN(C(=O)C2CC2)CCN1C(=O)c1cnn(-c2ccccc2)n1. The Labute approximate surface area is 152 Å². The van der Waals surface area contributed by atoms with Gasteiger partial charge in [0.15, 0.2) is 5.69 Å². The van der Waals surface area contributed by atoms with E-state index >= 15 is 0 Å². The molecule has 2 amide bonds. The molecule has 0 N–H and O–H groups in total. The summed E-state index contributed by atoms with van der Waals surface area (Å²) in [6, 6.07) is 9.50. The standard InChI is InChI=1S/C19H23N5O2/c1-19(2)13-22(17(25)14-8-9-14)10-11-23(19)18(26)16-12-20-24(21-16)15-6-4-3-5-7-15/h3-7,12,14H,8-11,13H2,1-2H3. The second-order valence-electron chi connectivity index (χ2n) is 7.66. The number of aromatic nitrogens is 3. The van der Waals surface area contributed by atoms with Crippen molar-refractivity contribution in [2.75, 3.05) is 19.6 Å². The molecule has 0 atom stereocenters. The molecule has 0 bridgehead atoms. The van der Waals surface area contributed by atoms with E-state index in [1.54, 1.807) is 0 Å². The third-order valence-electron chi connectivity index (χ3n) is 5.08. The maximum Gasteiger partial charge on any atom is 0.276 e. The lowest BCUT2D eigenvalue weighted by molar-refractivity contribution is -0.136. The highest BCUT2D eigenvalue weighted by molar-refractivity contribution is 5.93. The van der Waals surface area contributed by atoms with Crippen molar-refractivity contribution in [1.82, 2.24) is 24.8 Å². The van der Waals surface area contributed by atoms with Crippen molar-refractivity contribution in [3.8, 4) is 5.69 Å². The number of benzene rings is 1. The molecular formula is C19H23N5O2. The van der Waals surface area contributed by atoms with Crippen LogP contribution in [0, 0.1) is 5.92 Å². The smallest absolute Gasteiger partial charge is 0.276 e. The van der Waals surface area contributed by atoms with Crippen LogP contribution >= 0.6 is 0 Å². The predicted molar refractivity (Wildman–Crippen MR) is 95.8 cm³/mol. The molecule has 1 aromatic heterocycles. The molecule has 2 aromatic rings. The first-order chi connectivity index (χ1) is 12.5. The van der Waals surface area contributed by atoms with Crippen LogP contribution in [0.2, 0.25) is 0 Å². The second-order valence-corrected chi connectivity index (χ2v) is 7.66. The minimum Gasteiger partial charge on any atom is -0.338 e. The number of hydrogen-bond acceptors (Lipinski definition) is 4. The van der Waals surface area contributed by atoms with E-state index in [9.17, 15) is 9.59 Å². The summed E-state index contributed by atoms with van der Waals surface area (Å²) in [4.78, 5) is 30.5. The van der Waals surface area contributed by atoms with E-state index in [1.165, 1.54) is 11.0 Å². The summed E-state index contributed by atoms with van der Waals surface area (Å²) in [6.07, 6.45) is 3.51. The molecule has 7 nitrogen and oxygen atoms in total. The zero-order chi connectivity index (χ0) is 18.3. The van der Waals surface area contributed by atoms with Crippen molar-refractivity contribution in [3.63, 3.8) is 0 Å². The average Bonchev–Trinajstić information content (AvgIpc) is 3.36. The van der Waals surface area contributed by atoms with Crippen molar-refractivity contribution in [2.24, 2.45) is 5.92 Å². The summed E-state index contributed by atoms with van der Waals surface area (Å²) >= 11 is 0. The van der Waals surface area contributed by atoms with Crippen LogP contribution in [0.1, 0.15) is 37.2 Å². The fourth-order valence-electron chi connectivity index (χ4n) is 3.49. The van der Waals surface area contributed by atoms with Gasteiger partial charge in [0.1, 0.15) is 0 Å². The van der Waals surface area contributed by atoms with E-state index in [-0.39, 0.29) is 17.7 Å². The Hall–Kier alpha value is -2.70. The van der Waals surface area contributed by atoms with Gasteiger partial charge in [0.2, 0.25) is 5.91 Å². The van der Waals surface area contributed by atoms with Gasteiger partial charge in [-0.1, -0.05) is 18.2 Å². The Bertz CT molecular complexity index is 825. The van der Waals surface area contributed by atoms with Crippen molar-refractivity contribution >= 4 is 11.8 Å². The Morgan fingerprint density at radius 1 is 1.12 bits per heavy atom. The molecule has 1 aliphatic heterocycles.